The van der Waals surface area contributed by atoms with Crippen molar-refractivity contribution in [2.75, 3.05) is 25.0 Å². The number of nitrogens with zero attached hydrogens (tertiary/aromatic N) is 5. The molecule has 26 heavy (non-hydrogen) atoms. The maximum atomic E-state index is 12.6. The molecule has 6 heteroatoms. The number of hydrogen-bond acceptors (Lipinski definition) is 5. The lowest BCUT2D eigenvalue weighted by Gasteiger charge is -2.35. The maximum Gasteiger partial charge on any atom is 0.274 e. The zero-order valence-electron chi connectivity index (χ0n) is 15.6. The molecular formula is C20H27N5O. The molecule has 2 aromatic rings. The van der Waals surface area contributed by atoms with Crippen LogP contribution in [0, 0.1) is 0 Å². The topological polar surface area (TPSA) is 62.2 Å². The van der Waals surface area contributed by atoms with Gasteiger partial charge in [-0.15, -0.1) is 10.2 Å². The number of rotatable bonds is 6. The highest BCUT2D eigenvalue weighted by Gasteiger charge is 2.23. The van der Waals surface area contributed by atoms with Crippen molar-refractivity contribution in [1.82, 2.24) is 20.1 Å². The van der Waals surface area contributed by atoms with E-state index in [1.165, 1.54) is 19.3 Å². The average molecular weight is 353 g/mol. The zero-order chi connectivity index (χ0) is 18.4. The number of hydrogen-bond donors (Lipinski definition) is 0. The Hall–Kier alpha value is -2.50. The molecule has 1 atom stereocenters. The summed E-state index contributed by atoms with van der Waals surface area (Å²) in [5.74, 6) is 0.788. The lowest BCUT2D eigenvalue weighted by atomic mass is 10.0. The zero-order valence-corrected chi connectivity index (χ0v) is 15.6. The Balaban J connectivity index is 1.61. The molecule has 1 unspecified atom stereocenters. The number of carbonyl (C=O) groups excluding carboxylic acids is 1. The molecule has 3 heterocycles. The maximum absolute atomic E-state index is 12.6. The molecule has 0 aliphatic carbocycles. The smallest absolute Gasteiger partial charge is 0.274 e. The molecule has 0 bridgehead atoms. The van der Waals surface area contributed by atoms with E-state index in [-0.39, 0.29) is 5.91 Å². The van der Waals surface area contributed by atoms with Gasteiger partial charge in [-0.1, -0.05) is 6.92 Å². The molecule has 3 rings (SSSR count). The van der Waals surface area contributed by atoms with Gasteiger partial charge in [-0.05, 0) is 61.9 Å². The number of piperidine rings is 1. The van der Waals surface area contributed by atoms with Crippen LogP contribution in [0.2, 0.25) is 0 Å². The summed E-state index contributed by atoms with van der Waals surface area (Å²) in [6.45, 7) is 3.87. The monoisotopic (exact) mass is 353 g/mol. The van der Waals surface area contributed by atoms with Gasteiger partial charge in [0.05, 0.1) is 0 Å². The number of amides is 1. The van der Waals surface area contributed by atoms with Gasteiger partial charge in [-0.25, -0.2) is 0 Å². The SMILES string of the molecule is CCC1CCCCN1c1ccc(C(=O)N(C)CCc2ccncc2)nn1. The Bertz CT molecular complexity index is 704. The van der Waals surface area contributed by atoms with E-state index >= 15 is 0 Å². The molecule has 1 aliphatic rings. The molecule has 0 radical (unpaired) electrons. The summed E-state index contributed by atoms with van der Waals surface area (Å²) >= 11 is 0. The minimum absolute atomic E-state index is 0.0937. The molecule has 0 N–H and O–H groups in total. The first-order valence-electron chi connectivity index (χ1n) is 9.43. The predicted octanol–water partition coefficient (Wildman–Crippen LogP) is 2.96. The van der Waals surface area contributed by atoms with Crippen molar-refractivity contribution in [3.8, 4) is 0 Å². The minimum Gasteiger partial charge on any atom is -0.352 e. The molecule has 0 aromatic carbocycles. The molecule has 1 fully saturated rings. The first-order chi connectivity index (χ1) is 12.7. The van der Waals surface area contributed by atoms with Crippen molar-refractivity contribution in [2.24, 2.45) is 0 Å². The van der Waals surface area contributed by atoms with E-state index in [0.29, 0.717) is 18.3 Å². The summed E-state index contributed by atoms with van der Waals surface area (Å²) in [7, 11) is 1.80. The van der Waals surface area contributed by atoms with Crippen molar-refractivity contribution in [3.63, 3.8) is 0 Å². The van der Waals surface area contributed by atoms with Gasteiger partial charge in [-0.3, -0.25) is 9.78 Å². The third-order valence-electron chi connectivity index (χ3n) is 5.09. The third kappa shape index (κ3) is 4.36. The van der Waals surface area contributed by atoms with Crippen molar-refractivity contribution in [2.45, 2.75) is 45.1 Å². The fourth-order valence-electron chi connectivity index (χ4n) is 3.46. The summed E-state index contributed by atoms with van der Waals surface area (Å²) in [6, 6.07) is 8.20. The van der Waals surface area contributed by atoms with Crippen molar-refractivity contribution in [3.05, 3.63) is 47.9 Å². The van der Waals surface area contributed by atoms with Crippen LogP contribution < -0.4 is 4.90 Å². The molecule has 0 saturated carbocycles. The molecule has 1 aliphatic heterocycles. The van der Waals surface area contributed by atoms with Crippen LogP contribution in [-0.4, -0.2) is 52.2 Å². The van der Waals surface area contributed by atoms with Crippen LogP contribution in [0.15, 0.2) is 36.7 Å². The second-order valence-corrected chi connectivity index (χ2v) is 6.86. The van der Waals surface area contributed by atoms with E-state index in [2.05, 4.69) is 27.0 Å². The molecular weight excluding hydrogens is 326 g/mol. The summed E-state index contributed by atoms with van der Waals surface area (Å²) in [5, 5.41) is 8.55. The van der Waals surface area contributed by atoms with Gasteiger partial charge in [0.1, 0.15) is 0 Å². The average Bonchev–Trinajstić information content (AvgIpc) is 2.72. The number of carbonyl (C=O) groups is 1. The first kappa shape index (κ1) is 18.3. The van der Waals surface area contributed by atoms with Crippen LogP contribution in [0.3, 0.4) is 0 Å². The molecule has 1 saturated heterocycles. The minimum atomic E-state index is -0.0937. The van der Waals surface area contributed by atoms with Gasteiger partial charge in [0.15, 0.2) is 11.5 Å². The van der Waals surface area contributed by atoms with Crippen molar-refractivity contribution >= 4 is 11.7 Å². The van der Waals surface area contributed by atoms with E-state index in [4.69, 9.17) is 0 Å². The highest BCUT2D eigenvalue weighted by Crippen LogP contribution is 2.24. The van der Waals surface area contributed by atoms with E-state index < -0.39 is 0 Å². The van der Waals surface area contributed by atoms with E-state index in [0.717, 1.165) is 30.8 Å². The molecule has 138 valence electrons. The third-order valence-corrected chi connectivity index (χ3v) is 5.09. The quantitative estimate of drug-likeness (QED) is 0.799. The molecule has 0 spiro atoms. The number of aromatic nitrogens is 3. The van der Waals surface area contributed by atoms with Crippen LogP contribution in [0.25, 0.3) is 0 Å². The summed E-state index contributed by atoms with van der Waals surface area (Å²) in [4.78, 5) is 20.6. The highest BCUT2D eigenvalue weighted by atomic mass is 16.2. The fourth-order valence-corrected chi connectivity index (χ4v) is 3.46. The lowest BCUT2D eigenvalue weighted by molar-refractivity contribution is 0.0789. The summed E-state index contributed by atoms with van der Waals surface area (Å²) in [5.41, 5.74) is 1.56. The Labute approximate surface area is 155 Å². The Morgan fingerprint density at radius 2 is 2.00 bits per heavy atom. The summed E-state index contributed by atoms with van der Waals surface area (Å²) < 4.78 is 0. The normalized spacial score (nSPS) is 17.2. The number of likely N-dealkylation sites (N-methyl/N-ethyl adjacent to an activating group) is 1. The molecule has 2 aromatic heterocycles. The largest absolute Gasteiger partial charge is 0.352 e. The molecule has 1 amide bonds. The van der Waals surface area contributed by atoms with Gasteiger partial charge in [0, 0.05) is 38.6 Å². The van der Waals surface area contributed by atoms with Crippen LogP contribution in [0.1, 0.15) is 48.7 Å². The predicted molar refractivity (Wildman–Crippen MR) is 102 cm³/mol. The number of anilines is 1. The number of pyridine rings is 1. The van der Waals surface area contributed by atoms with Gasteiger partial charge >= 0.3 is 0 Å². The Morgan fingerprint density at radius 3 is 2.69 bits per heavy atom. The Morgan fingerprint density at radius 1 is 1.19 bits per heavy atom. The first-order valence-corrected chi connectivity index (χ1v) is 9.43. The van der Waals surface area contributed by atoms with Gasteiger partial charge < -0.3 is 9.80 Å². The van der Waals surface area contributed by atoms with Gasteiger partial charge in [0.25, 0.3) is 5.91 Å². The van der Waals surface area contributed by atoms with Crippen LogP contribution >= 0.6 is 0 Å². The molecule has 6 nitrogen and oxygen atoms in total. The standard InChI is InChI=1S/C20H27N5O/c1-3-17-6-4-5-14-25(17)19-8-7-18(22-23-19)20(26)24(2)15-11-16-9-12-21-13-10-16/h7-10,12-13,17H,3-6,11,14-15H2,1-2H3. The lowest BCUT2D eigenvalue weighted by Crippen LogP contribution is -2.40. The van der Waals surface area contributed by atoms with E-state index in [1.54, 1.807) is 30.4 Å². The van der Waals surface area contributed by atoms with Crippen LogP contribution in [0.4, 0.5) is 5.82 Å². The van der Waals surface area contributed by atoms with Gasteiger partial charge in [-0.2, -0.15) is 0 Å². The highest BCUT2D eigenvalue weighted by molar-refractivity contribution is 5.92. The Kier molecular flexibility index (Phi) is 6.15. The summed E-state index contributed by atoms with van der Waals surface area (Å²) in [6.07, 6.45) is 9.12. The van der Waals surface area contributed by atoms with E-state index in [9.17, 15) is 4.79 Å². The van der Waals surface area contributed by atoms with E-state index in [1.807, 2.05) is 18.2 Å². The van der Waals surface area contributed by atoms with Crippen molar-refractivity contribution in [1.29, 1.82) is 0 Å². The van der Waals surface area contributed by atoms with Crippen LogP contribution in [0.5, 0.6) is 0 Å². The second kappa shape index (κ2) is 8.74. The van der Waals surface area contributed by atoms with Crippen molar-refractivity contribution < 1.29 is 4.79 Å². The second-order valence-electron chi connectivity index (χ2n) is 6.86. The van der Waals surface area contributed by atoms with Gasteiger partial charge in [0.2, 0.25) is 0 Å². The van der Waals surface area contributed by atoms with Crippen LogP contribution in [-0.2, 0) is 6.42 Å². The fraction of sp³-hybridized carbons (Fsp3) is 0.500.